The van der Waals surface area contributed by atoms with Crippen molar-refractivity contribution in [2.45, 2.75) is 57.5 Å². The number of hydrogen-bond donors (Lipinski definition) is 1. The molecule has 4 nitrogen and oxygen atoms in total. The van der Waals surface area contributed by atoms with E-state index in [1.165, 1.54) is 29.9 Å². The topological polar surface area (TPSA) is 49.4 Å². The molecule has 1 fully saturated rings. The predicted molar refractivity (Wildman–Crippen MR) is 131 cm³/mol. The van der Waals surface area contributed by atoms with Gasteiger partial charge in [-0.25, -0.2) is 4.39 Å². The van der Waals surface area contributed by atoms with Gasteiger partial charge in [0, 0.05) is 11.7 Å². The molecule has 0 unspecified atom stereocenters. The van der Waals surface area contributed by atoms with E-state index in [2.05, 4.69) is 5.32 Å². The first-order chi connectivity index (χ1) is 16.0. The lowest BCUT2D eigenvalue weighted by atomic mass is 9.94. The third kappa shape index (κ3) is 5.88. The fraction of sp³-hybridized carbons (Fsp3) is 0.333. The monoisotopic (exact) mass is 464 g/mol. The number of benzene rings is 2. The zero-order valence-electron chi connectivity index (χ0n) is 18.8. The van der Waals surface area contributed by atoms with Gasteiger partial charge in [0.05, 0.1) is 6.42 Å². The maximum Gasteiger partial charge on any atom is 0.248 e. The van der Waals surface area contributed by atoms with Crippen LogP contribution in [0.1, 0.15) is 54.8 Å². The molecule has 4 rings (SSSR count). The molecule has 1 heterocycles. The summed E-state index contributed by atoms with van der Waals surface area (Å²) < 4.78 is 13.7. The Kier molecular flexibility index (Phi) is 7.55. The number of nitrogens with one attached hydrogen (secondary N) is 1. The van der Waals surface area contributed by atoms with Gasteiger partial charge in [-0.1, -0.05) is 43.5 Å². The summed E-state index contributed by atoms with van der Waals surface area (Å²) in [5.74, 6) is -0.780. The lowest BCUT2D eigenvalue weighted by Crippen LogP contribution is -2.47. The van der Waals surface area contributed by atoms with Gasteiger partial charge in [0.15, 0.2) is 0 Å². The number of hydrogen-bond acceptors (Lipinski definition) is 3. The molecule has 0 bridgehead atoms. The van der Waals surface area contributed by atoms with Crippen molar-refractivity contribution < 1.29 is 14.0 Å². The van der Waals surface area contributed by atoms with Crippen LogP contribution in [-0.4, -0.2) is 17.9 Å². The third-order valence-corrected chi connectivity index (χ3v) is 6.86. The third-order valence-electron chi connectivity index (χ3n) is 6.13. The second kappa shape index (κ2) is 10.8. The Morgan fingerprint density at radius 1 is 1.09 bits per heavy atom. The number of thiophene rings is 1. The first kappa shape index (κ1) is 23.2. The summed E-state index contributed by atoms with van der Waals surface area (Å²) in [5.41, 5.74) is 3.15. The zero-order chi connectivity index (χ0) is 23.2. The zero-order valence-corrected chi connectivity index (χ0v) is 19.6. The van der Waals surface area contributed by atoms with Crippen LogP contribution >= 0.6 is 11.3 Å². The lowest BCUT2D eigenvalue weighted by molar-refractivity contribution is -0.127. The molecule has 0 saturated heterocycles. The normalized spacial score (nSPS) is 15.1. The Labute approximate surface area is 198 Å². The lowest BCUT2D eigenvalue weighted by Gasteiger charge is -2.33. The first-order valence-electron chi connectivity index (χ1n) is 11.5. The molecule has 33 heavy (non-hydrogen) atoms. The molecule has 3 aromatic rings. The molecule has 1 saturated carbocycles. The van der Waals surface area contributed by atoms with Crippen LogP contribution in [0.4, 0.5) is 10.1 Å². The van der Waals surface area contributed by atoms with Crippen molar-refractivity contribution in [2.24, 2.45) is 0 Å². The van der Waals surface area contributed by atoms with Crippen molar-refractivity contribution >= 4 is 28.8 Å². The highest BCUT2D eigenvalue weighted by Gasteiger charge is 2.34. The summed E-state index contributed by atoms with van der Waals surface area (Å²) in [6.07, 6.45) is 5.42. The van der Waals surface area contributed by atoms with E-state index in [0.29, 0.717) is 11.3 Å². The van der Waals surface area contributed by atoms with Gasteiger partial charge >= 0.3 is 0 Å². The van der Waals surface area contributed by atoms with Crippen LogP contribution in [0.15, 0.2) is 65.4 Å². The summed E-state index contributed by atoms with van der Waals surface area (Å²) in [6.45, 7) is 1.96. The molecular weight excluding hydrogens is 435 g/mol. The molecule has 6 heteroatoms. The minimum atomic E-state index is -0.888. The van der Waals surface area contributed by atoms with E-state index >= 15 is 0 Å². The molecule has 2 aromatic carbocycles. The second-order valence-electron chi connectivity index (χ2n) is 8.71. The molecule has 1 aliphatic carbocycles. The summed E-state index contributed by atoms with van der Waals surface area (Å²) in [5, 5.41) is 7.07. The molecule has 1 atom stereocenters. The van der Waals surface area contributed by atoms with E-state index in [-0.39, 0.29) is 30.1 Å². The Morgan fingerprint density at radius 2 is 1.85 bits per heavy atom. The van der Waals surface area contributed by atoms with Crippen molar-refractivity contribution in [1.29, 1.82) is 0 Å². The van der Waals surface area contributed by atoms with Crippen LogP contribution in [0.3, 0.4) is 0 Å². The van der Waals surface area contributed by atoms with Crippen LogP contribution in [0, 0.1) is 12.7 Å². The van der Waals surface area contributed by atoms with Gasteiger partial charge in [-0.05, 0) is 77.5 Å². The largest absolute Gasteiger partial charge is 0.351 e. The van der Waals surface area contributed by atoms with Crippen LogP contribution in [0.5, 0.6) is 0 Å². The number of carbonyl (C=O) groups excluding carboxylic acids is 2. The summed E-state index contributed by atoms with van der Waals surface area (Å²) in [4.78, 5) is 29.0. The van der Waals surface area contributed by atoms with Gasteiger partial charge in [-0.3, -0.25) is 14.5 Å². The Balaban J connectivity index is 1.74. The quantitative estimate of drug-likeness (QED) is 0.469. The number of anilines is 1. The minimum absolute atomic E-state index is 0.0977. The molecule has 0 spiro atoms. The van der Waals surface area contributed by atoms with Gasteiger partial charge in [0.1, 0.15) is 11.9 Å². The minimum Gasteiger partial charge on any atom is -0.351 e. The molecule has 0 aliphatic heterocycles. The molecule has 0 radical (unpaired) electrons. The molecular formula is C27H29FN2O2S. The van der Waals surface area contributed by atoms with E-state index in [1.54, 1.807) is 17.0 Å². The Bertz CT molecular complexity index is 1080. The maximum absolute atomic E-state index is 13.7. The highest BCUT2D eigenvalue weighted by atomic mass is 32.1. The molecule has 1 aromatic heterocycles. The summed E-state index contributed by atoms with van der Waals surface area (Å²) in [7, 11) is 0. The van der Waals surface area contributed by atoms with Crippen molar-refractivity contribution in [2.75, 3.05) is 4.90 Å². The molecule has 1 aliphatic rings. The smallest absolute Gasteiger partial charge is 0.248 e. The van der Waals surface area contributed by atoms with Crippen LogP contribution in [0.25, 0.3) is 0 Å². The fourth-order valence-electron chi connectivity index (χ4n) is 4.46. The number of halogens is 1. The molecule has 2 amide bonds. The average molecular weight is 465 g/mol. The van der Waals surface area contributed by atoms with Crippen LogP contribution in [-0.2, 0) is 16.0 Å². The van der Waals surface area contributed by atoms with Gasteiger partial charge in [-0.2, -0.15) is 11.3 Å². The standard InChI is InChI=1S/C27H29FN2O2S/c1-19-6-5-9-24(16-19)30(25(31)17-20-14-15-33-18-20)26(21-10-12-22(28)13-11-21)27(32)29-23-7-3-2-4-8-23/h5-6,9-16,18,23,26H,2-4,7-8,17H2,1H3,(H,29,32)/t26-/m0/s1. The van der Waals surface area contributed by atoms with E-state index in [0.717, 1.165) is 36.8 Å². The van der Waals surface area contributed by atoms with Gasteiger partial charge in [0.2, 0.25) is 11.8 Å². The van der Waals surface area contributed by atoms with E-state index in [4.69, 9.17) is 0 Å². The van der Waals surface area contributed by atoms with E-state index < -0.39 is 6.04 Å². The maximum atomic E-state index is 13.7. The molecule has 172 valence electrons. The van der Waals surface area contributed by atoms with E-state index in [1.807, 2.05) is 48.0 Å². The fourth-order valence-corrected chi connectivity index (χ4v) is 5.13. The van der Waals surface area contributed by atoms with Gasteiger partial charge < -0.3 is 5.32 Å². The average Bonchev–Trinajstić information content (AvgIpc) is 3.31. The number of aryl methyl sites for hydroxylation is 1. The Hall–Kier alpha value is -2.99. The summed E-state index contributed by atoms with van der Waals surface area (Å²) >= 11 is 1.54. The molecule has 1 N–H and O–H groups in total. The Morgan fingerprint density at radius 3 is 2.52 bits per heavy atom. The predicted octanol–water partition coefficient (Wildman–Crippen LogP) is 5.96. The number of amides is 2. The van der Waals surface area contributed by atoms with Crippen molar-refractivity contribution in [3.8, 4) is 0 Å². The second-order valence-corrected chi connectivity index (χ2v) is 9.49. The van der Waals surface area contributed by atoms with Crippen molar-refractivity contribution in [3.63, 3.8) is 0 Å². The van der Waals surface area contributed by atoms with Crippen LogP contribution in [0.2, 0.25) is 0 Å². The van der Waals surface area contributed by atoms with Gasteiger partial charge in [0.25, 0.3) is 0 Å². The van der Waals surface area contributed by atoms with Crippen molar-refractivity contribution in [3.05, 3.63) is 87.9 Å². The number of rotatable bonds is 7. The van der Waals surface area contributed by atoms with Crippen molar-refractivity contribution in [1.82, 2.24) is 5.32 Å². The first-order valence-corrected chi connectivity index (χ1v) is 12.4. The number of carbonyl (C=O) groups is 2. The SMILES string of the molecule is Cc1cccc(N(C(=O)Cc2ccsc2)[C@H](C(=O)NC2CCCCC2)c2ccc(F)cc2)c1. The number of nitrogens with zero attached hydrogens (tertiary/aromatic N) is 1. The summed E-state index contributed by atoms with van der Waals surface area (Å²) in [6, 6.07) is 14.6. The van der Waals surface area contributed by atoms with Gasteiger partial charge in [-0.15, -0.1) is 0 Å². The highest BCUT2D eigenvalue weighted by molar-refractivity contribution is 7.08. The van der Waals surface area contributed by atoms with Crippen LogP contribution < -0.4 is 10.2 Å². The van der Waals surface area contributed by atoms with E-state index in [9.17, 15) is 14.0 Å². The highest BCUT2D eigenvalue weighted by Crippen LogP contribution is 2.31.